The van der Waals surface area contributed by atoms with Gasteiger partial charge >= 0.3 is 114 Å². The van der Waals surface area contributed by atoms with Crippen molar-refractivity contribution in [3.05, 3.63) is 35.9 Å². The van der Waals surface area contributed by atoms with Crippen molar-refractivity contribution in [2.75, 3.05) is 19.5 Å². The summed E-state index contributed by atoms with van der Waals surface area (Å²) >= 11 is 0. The van der Waals surface area contributed by atoms with Crippen molar-refractivity contribution in [2.24, 2.45) is 0 Å². The van der Waals surface area contributed by atoms with Gasteiger partial charge in [0.05, 0.1) is 0 Å². The van der Waals surface area contributed by atoms with Crippen LogP contribution in [0.4, 0.5) is 0 Å². The fraction of sp³-hybridized carbons (Fsp3) is 0.647. The molecule has 0 amide bonds. The van der Waals surface area contributed by atoms with E-state index < -0.39 is 7.26 Å². The zero-order chi connectivity index (χ0) is 13.3. The maximum atomic E-state index is 2.55. The summed E-state index contributed by atoms with van der Waals surface area (Å²) in [6, 6.07) is 11.0. The van der Waals surface area contributed by atoms with Gasteiger partial charge in [0.1, 0.15) is 0 Å². The Morgan fingerprint density at radius 1 is 0.833 bits per heavy atom. The Bertz CT molecular complexity index is 303. The molecule has 0 radical (unpaired) electrons. The summed E-state index contributed by atoms with van der Waals surface area (Å²) in [5.74, 6) is 0. The summed E-state index contributed by atoms with van der Waals surface area (Å²) in [6.07, 6.45) is 11.4. The van der Waals surface area contributed by atoms with Crippen LogP contribution in [0.1, 0.15) is 51.0 Å². The summed E-state index contributed by atoms with van der Waals surface area (Å²) < 4.78 is 0. The monoisotopic (exact) mass is 266 g/mol. The molecule has 0 N–H and O–H groups in total. The number of rotatable bonds is 9. The third-order valence-corrected chi connectivity index (χ3v) is 6.81. The molecule has 1 aromatic rings. The molecule has 0 unspecified atom stereocenters. The number of benzene rings is 1. The summed E-state index contributed by atoms with van der Waals surface area (Å²) in [6.45, 7) is 7.38. The second-order valence-corrected chi connectivity index (χ2v) is 11.5. The first-order chi connectivity index (χ1) is 8.64. The van der Waals surface area contributed by atoms with E-state index in [9.17, 15) is 0 Å². The molecule has 0 nitrogen and oxygen atoms in total. The topological polar surface area (TPSA) is 0 Å². The van der Waals surface area contributed by atoms with E-state index in [4.69, 9.17) is 0 Å². The van der Waals surface area contributed by atoms with Gasteiger partial charge in [0, 0.05) is 0 Å². The molecule has 1 aromatic carbocycles. The van der Waals surface area contributed by atoms with E-state index in [2.05, 4.69) is 50.6 Å². The van der Waals surface area contributed by atoms with E-state index in [-0.39, 0.29) is 0 Å². The van der Waals surface area contributed by atoms with Gasteiger partial charge in [0.2, 0.25) is 0 Å². The summed E-state index contributed by atoms with van der Waals surface area (Å²) in [5.41, 5.74) is 1.54. The van der Waals surface area contributed by atoms with Crippen molar-refractivity contribution < 1.29 is 0 Å². The van der Waals surface area contributed by atoms with E-state index in [0.29, 0.717) is 0 Å². The Morgan fingerprint density at radius 2 is 1.44 bits per heavy atom. The predicted octanol–water partition coefficient (Wildman–Crippen LogP) is 5.56. The molecule has 0 saturated carbocycles. The minimum atomic E-state index is -1.01. The van der Waals surface area contributed by atoms with Gasteiger partial charge < -0.3 is 0 Å². The molecule has 18 heavy (non-hydrogen) atoms. The van der Waals surface area contributed by atoms with Crippen LogP contribution >= 0.6 is 7.26 Å². The summed E-state index contributed by atoms with van der Waals surface area (Å²) in [5, 5.41) is 0. The molecule has 104 valence electrons. The second kappa shape index (κ2) is 8.70. The molecule has 1 heteroatoms. The minimum absolute atomic E-state index is 1.01. The molecule has 0 aliphatic carbocycles. The Kier molecular flexibility index (Phi) is 7.59. The van der Waals surface area contributed by atoms with E-state index in [1.54, 1.807) is 5.56 Å². The SMILES string of the molecule is CCCCCCCC[PH](C)(C)Cc1ccccc1. The third-order valence-electron chi connectivity index (χ3n) is 3.73. The first-order valence-electron chi connectivity index (χ1n) is 7.68. The molecular weight excluding hydrogens is 235 g/mol. The normalized spacial score (nSPS) is 12.6. The van der Waals surface area contributed by atoms with Crippen LogP contribution in [0.15, 0.2) is 30.3 Å². The van der Waals surface area contributed by atoms with Crippen molar-refractivity contribution in [2.45, 2.75) is 51.6 Å². The Hall–Kier alpha value is -0.350. The Labute approximate surface area is 115 Å². The van der Waals surface area contributed by atoms with Crippen LogP contribution in [0, 0.1) is 0 Å². The zero-order valence-corrected chi connectivity index (χ0v) is 13.5. The molecule has 0 aliphatic heterocycles. The molecule has 0 saturated heterocycles. The fourth-order valence-electron chi connectivity index (χ4n) is 2.62. The van der Waals surface area contributed by atoms with Crippen LogP contribution in [0.2, 0.25) is 0 Å². The van der Waals surface area contributed by atoms with Crippen molar-refractivity contribution in [3.63, 3.8) is 0 Å². The van der Waals surface area contributed by atoms with Gasteiger partial charge in [0.25, 0.3) is 0 Å². The van der Waals surface area contributed by atoms with E-state index in [1.165, 1.54) is 50.8 Å². The van der Waals surface area contributed by atoms with Gasteiger partial charge in [0.15, 0.2) is 0 Å². The molecular formula is C17H31P. The van der Waals surface area contributed by atoms with Gasteiger partial charge in [-0.2, -0.15) is 0 Å². The van der Waals surface area contributed by atoms with E-state index in [1.807, 2.05) is 0 Å². The van der Waals surface area contributed by atoms with Crippen LogP contribution in [0.25, 0.3) is 0 Å². The standard InChI is InChI=1S/C17H31P/c1-4-5-6-7-8-12-15-18(2,3)16-17-13-10-9-11-14-17/h9-11,13-14,18H,4-8,12,15-16H2,1-3H3. The summed E-state index contributed by atoms with van der Waals surface area (Å²) in [4.78, 5) is 0. The molecule has 0 aromatic heterocycles. The molecule has 0 heterocycles. The van der Waals surface area contributed by atoms with Crippen LogP contribution < -0.4 is 0 Å². The Morgan fingerprint density at radius 3 is 2.11 bits per heavy atom. The third kappa shape index (κ3) is 7.17. The van der Waals surface area contributed by atoms with E-state index in [0.717, 1.165) is 0 Å². The van der Waals surface area contributed by atoms with Gasteiger partial charge in [-0.3, -0.25) is 0 Å². The quantitative estimate of drug-likeness (QED) is 0.405. The zero-order valence-electron chi connectivity index (χ0n) is 12.5. The Balaban J connectivity index is 2.19. The molecule has 0 bridgehead atoms. The van der Waals surface area contributed by atoms with Crippen molar-refractivity contribution in [3.8, 4) is 0 Å². The molecule has 0 fully saturated rings. The van der Waals surface area contributed by atoms with Crippen LogP contribution in [-0.4, -0.2) is 19.5 Å². The number of unbranched alkanes of at least 4 members (excludes halogenated alkanes) is 5. The fourth-order valence-corrected chi connectivity index (χ4v) is 5.35. The first-order valence-corrected chi connectivity index (χ1v) is 11.1. The maximum absolute atomic E-state index is 2.55. The molecule has 0 atom stereocenters. The number of hydrogen-bond acceptors (Lipinski definition) is 0. The summed E-state index contributed by atoms with van der Waals surface area (Å²) in [7, 11) is -1.01. The molecule has 0 aliphatic rings. The van der Waals surface area contributed by atoms with Gasteiger partial charge in [-0.25, -0.2) is 0 Å². The van der Waals surface area contributed by atoms with Gasteiger partial charge in [-0.15, -0.1) is 0 Å². The van der Waals surface area contributed by atoms with Crippen LogP contribution in [0.5, 0.6) is 0 Å². The van der Waals surface area contributed by atoms with E-state index >= 15 is 0 Å². The van der Waals surface area contributed by atoms with Gasteiger partial charge in [-0.1, -0.05) is 0 Å². The number of hydrogen-bond donors (Lipinski definition) is 0. The average molecular weight is 266 g/mol. The predicted molar refractivity (Wildman–Crippen MR) is 88.6 cm³/mol. The van der Waals surface area contributed by atoms with Crippen molar-refractivity contribution in [1.82, 2.24) is 0 Å². The van der Waals surface area contributed by atoms with Crippen LogP contribution in [0.3, 0.4) is 0 Å². The van der Waals surface area contributed by atoms with Crippen molar-refractivity contribution >= 4 is 7.26 Å². The average Bonchev–Trinajstić information content (AvgIpc) is 2.34. The van der Waals surface area contributed by atoms with Crippen LogP contribution in [-0.2, 0) is 6.16 Å². The van der Waals surface area contributed by atoms with Gasteiger partial charge in [-0.05, 0) is 0 Å². The van der Waals surface area contributed by atoms with Crippen molar-refractivity contribution in [1.29, 1.82) is 0 Å². The first kappa shape index (κ1) is 15.7. The molecule has 1 rings (SSSR count). The second-order valence-electron chi connectivity index (χ2n) is 6.34. The molecule has 0 spiro atoms.